The monoisotopic (exact) mass is 343 g/mol. The molecule has 21 heavy (non-hydrogen) atoms. The summed E-state index contributed by atoms with van der Waals surface area (Å²) in [5.74, 6) is 0. The Morgan fingerprint density at radius 3 is 2.90 bits per heavy atom. The molecule has 1 aromatic carbocycles. The van der Waals surface area contributed by atoms with Crippen LogP contribution in [0.4, 0.5) is 0 Å². The molecular weight excluding hydrogens is 329 g/mol. The van der Waals surface area contributed by atoms with Crippen molar-refractivity contribution >= 4 is 45.8 Å². The first kappa shape index (κ1) is 15.0. The van der Waals surface area contributed by atoms with Crippen LogP contribution in [0.25, 0.3) is 5.70 Å². The molecule has 0 amide bonds. The van der Waals surface area contributed by atoms with E-state index < -0.39 is 0 Å². The van der Waals surface area contributed by atoms with Crippen molar-refractivity contribution in [2.24, 2.45) is 4.99 Å². The Bertz CT molecular complexity index is 586. The average Bonchev–Trinajstić information content (AvgIpc) is 2.99. The SMILES string of the molecule is Clc1ccc(C2=CSC(=NC[C@H]3CCCO3)NN2)c(Cl)c1. The summed E-state index contributed by atoms with van der Waals surface area (Å²) < 4.78 is 5.55. The van der Waals surface area contributed by atoms with Crippen molar-refractivity contribution in [2.45, 2.75) is 18.9 Å². The van der Waals surface area contributed by atoms with Gasteiger partial charge in [0.1, 0.15) is 0 Å². The number of halogens is 2. The molecule has 0 saturated carbocycles. The van der Waals surface area contributed by atoms with Gasteiger partial charge in [-0.3, -0.25) is 15.8 Å². The van der Waals surface area contributed by atoms with Crippen LogP contribution in [-0.4, -0.2) is 24.4 Å². The number of hydrazine groups is 1. The van der Waals surface area contributed by atoms with Gasteiger partial charge in [0.2, 0.25) is 0 Å². The molecule has 0 radical (unpaired) electrons. The maximum atomic E-state index is 6.20. The Morgan fingerprint density at radius 2 is 2.24 bits per heavy atom. The minimum Gasteiger partial charge on any atom is -0.376 e. The summed E-state index contributed by atoms with van der Waals surface area (Å²) in [6, 6.07) is 5.43. The lowest BCUT2D eigenvalue weighted by atomic mass is 10.2. The lowest BCUT2D eigenvalue weighted by molar-refractivity contribution is 0.118. The third-order valence-corrected chi connectivity index (χ3v) is 4.63. The van der Waals surface area contributed by atoms with E-state index in [-0.39, 0.29) is 6.10 Å². The van der Waals surface area contributed by atoms with Gasteiger partial charge in [-0.05, 0) is 31.0 Å². The first-order chi connectivity index (χ1) is 10.2. The highest BCUT2D eigenvalue weighted by Gasteiger charge is 2.16. The Hall–Kier alpha value is -0.880. The number of ether oxygens (including phenoxy) is 1. The van der Waals surface area contributed by atoms with Crippen LogP contribution >= 0.6 is 35.0 Å². The number of thioether (sulfide) groups is 1. The molecule has 1 atom stereocenters. The van der Waals surface area contributed by atoms with Gasteiger partial charge < -0.3 is 4.74 Å². The van der Waals surface area contributed by atoms with Gasteiger partial charge >= 0.3 is 0 Å². The maximum absolute atomic E-state index is 6.20. The summed E-state index contributed by atoms with van der Waals surface area (Å²) in [6.45, 7) is 1.55. The minimum atomic E-state index is 0.260. The lowest BCUT2D eigenvalue weighted by Gasteiger charge is -2.20. The second-order valence-corrected chi connectivity index (χ2v) is 6.51. The van der Waals surface area contributed by atoms with Crippen molar-refractivity contribution < 1.29 is 4.74 Å². The van der Waals surface area contributed by atoms with E-state index in [0.717, 1.165) is 35.9 Å². The molecule has 112 valence electrons. The van der Waals surface area contributed by atoms with E-state index in [9.17, 15) is 0 Å². The number of aliphatic imine (C=N–C) groups is 1. The molecule has 2 heterocycles. The van der Waals surface area contributed by atoms with Gasteiger partial charge in [0, 0.05) is 22.6 Å². The van der Waals surface area contributed by atoms with Gasteiger partial charge in [-0.25, -0.2) is 0 Å². The van der Waals surface area contributed by atoms with Crippen LogP contribution in [0.1, 0.15) is 18.4 Å². The fourth-order valence-electron chi connectivity index (χ4n) is 2.18. The van der Waals surface area contributed by atoms with Crippen molar-refractivity contribution in [2.75, 3.05) is 13.2 Å². The number of nitrogens with zero attached hydrogens (tertiary/aromatic N) is 1. The number of amidine groups is 1. The molecule has 1 aromatic rings. The highest BCUT2D eigenvalue weighted by atomic mass is 35.5. The van der Waals surface area contributed by atoms with E-state index in [1.807, 2.05) is 17.5 Å². The van der Waals surface area contributed by atoms with Gasteiger partial charge in [-0.1, -0.05) is 35.0 Å². The van der Waals surface area contributed by atoms with Gasteiger partial charge in [0.05, 0.1) is 23.4 Å². The molecule has 3 rings (SSSR count). The molecule has 2 aliphatic rings. The lowest BCUT2D eigenvalue weighted by Crippen LogP contribution is -2.37. The molecule has 0 aromatic heterocycles. The minimum absolute atomic E-state index is 0.260. The van der Waals surface area contributed by atoms with Gasteiger partial charge in [-0.2, -0.15) is 0 Å². The molecule has 2 N–H and O–H groups in total. The second kappa shape index (κ2) is 6.92. The Balaban J connectivity index is 1.64. The third-order valence-electron chi connectivity index (χ3n) is 3.28. The molecule has 0 bridgehead atoms. The number of benzene rings is 1. The predicted molar refractivity (Wildman–Crippen MR) is 89.6 cm³/mol. The molecule has 1 fully saturated rings. The first-order valence-corrected chi connectivity index (χ1v) is 8.36. The van der Waals surface area contributed by atoms with E-state index in [1.54, 1.807) is 6.07 Å². The zero-order valence-electron chi connectivity index (χ0n) is 11.2. The number of hydrogen-bond donors (Lipinski definition) is 2. The normalized spacial score (nSPS) is 23.6. The van der Waals surface area contributed by atoms with Gasteiger partial charge in [-0.15, -0.1) is 0 Å². The fraction of sp³-hybridized carbons (Fsp3) is 0.357. The fourth-order valence-corrected chi connectivity index (χ4v) is 3.37. The zero-order chi connectivity index (χ0) is 14.7. The summed E-state index contributed by atoms with van der Waals surface area (Å²) in [6.07, 6.45) is 2.49. The Labute approximate surface area is 137 Å². The molecule has 0 aliphatic carbocycles. The van der Waals surface area contributed by atoms with Gasteiger partial charge in [0.15, 0.2) is 5.17 Å². The molecule has 0 spiro atoms. The summed E-state index contributed by atoms with van der Waals surface area (Å²) in [5, 5.41) is 4.06. The average molecular weight is 344 g/mol. The van der Waals surface area contributed by atoms with Crippen molar-refractivity contribution in [3.8, 4) is 0 Å². The van der Waals surface area contributed by atoms with Crippen LogP contribution in [0.5, 0.6) is 0 Å². The summed E-state index contributed by atoms with van der Waals surface area (Å²) in [7, 11) is 0. The number of rotatable bonds is 3. The Kier molecular flexibility index (Phi) is 4.95. The van der Waals surface area contributed by atoms with E-state index in [2.05, 4.69) is 15.8 Å². The first-order valence-electron chi connectivity index (χ1n) is 6.73. The van der Waals surface area contributed by atoms with Crippen molar-refractivity contribution in [3.05, 3.63) is 39.2 Å². The quantitative estimate of drug-likeness (QED) is 0.878. The summed E-state index contributed by atoms with van der Waals surface area (Å²) in [5.41, 5.74) is 8.00. The summed E-state index contributed by atoms with van der Waals surface area (Å²) in [4.78, 5) is 4.51. The molecular formula is C14H15Cl2N3OS. The largest absolute Gasteiger partial charge is 0.376 e. The van der Waals surface area contributed by atoms with E-state index in [1.165, 1.54) is 11.8 Å². The topological polar surface area (TPSA) is 45.6 Å². The Morgan fingerprint density at radius 1 is 1.33 bits per heavy atom. The molecule has 7 heteroatoms. The molecule has 1 saturated heterocycles. The van der Waals surface area contributed by atoms with Gasteiger partial charge in [0.25, 0.3) is 0 Å². The zero-order valence-corrected chi connectivity index (χ0v) is 13.6. The van der Waals surface area contributed by atoms with Crippen LogP contribution in [0.3, 0.4) is 0 Å². The van der Waals surface area contributed by atoms with Crippen LogP contribution in [-0.2, 0) is 4.74 Å². The van der Waals surface area contributed by atoms with Crippen molar-refractivity contribution in [1.29, 1.82) is 0 Å². The third kappa shape index (κ3) is 3.86. The smallest absolute Gasteiger partial charge is 0.179 e. The predicted octanol–water partition coefficient (Wildman–Crippen LogP) is 3.67. The van der Waals surface area contributed by atoms with Crippen LogP contribution in [0.2, 0.25) is 10.0 Å². The van der Waals surface area contributed by atoms with Crippen LogP contribution in [0.15, 0.2) is 28.6 Å². The van der Waals surface area contributed by atoms with Crippen molar-refractivity contribution in [3.63, 3.8) is 0 Å². The second-order valence-electron chi connectivity index (χ2n) is 4.80. The molecule has 0 unspecified atom stereocenters. The highest BCUT2D eigenvalue weighted by molar-refractivity contribution is 8.16. The van der Waals surface area contributed by atoms with E-state index in [0.29, 0.717) is 16.6 Å². The van der Waals surface area contributed by atoms with Crippen LogP contribution in [0, 0.1) is 0 Å². The number of hydrogen-bond acceptors (Lipinski definition) is 4. The van der Waals surface area contributed by atoms with Crippen LogP contribution < -0.4 is 10.9 Å². The molecule has 2 aliphatic heterocycles. The molecule has 4 nitrogen and oxygen atoms in total. The standard InChI is InChI=1S/C14H15Cl2N3OS/c15-9-3-4-11(12(16)6-9)13-8-21-14(19-18-13)17-7-10-2-1-5-20-10/h3-4,6,8,10,18H,1-2,5,7H2,(H,17,19)/t10-/m1/s1. The summed E-state index contributed by atoms with van der Waals surface area (Å²) >= 11 is 13.6. The van der Waals surface area contributed by atoms with Crippen molar-refractivity contribution in [1.82, 2.24) is 10.9 Å². The number of nitrogens with one attached hydrogen (secondary N) is 2. The van der Waals surface area contributed by atoms with E-state index in [4.69, 9.17) is 27.9 Å². The maximum Gasteiger partial charge on any atom is 0.179 e. The van der Waals surface area contributed by atoms with E-state index >= 15 is 0 Å². The highest BCUT2D eigenvalue weighted by Crippen LogP contribution is 2.28.